The highest BCUT2D eigenvalue weighted by atomic mass is 19.1. The molecule has 3 heterocycles. The van der Waals surface area contributed by atoms with E-state index in [4.69, 9.17) is 14.2 Å². The number of rotatable bonds is 7. The largest absolute Gasteiger partial charge is 0.381 e. The predicted molar refractivity (Wildman–Crippen MR) is 124 cm³/mol. The van der Waals surface area contributed by atoms with E-state index in [9.17, 15) is 9.18 Å². The van der Waals surface area contributed by atoms with E-state index in [0.29, 0.717) is 31.2 Å². The van der Waals surface area contributed by atoms with E-state index in [1.807, 2.05) is 24.8 Å². The van der Waals surface area contributed by atoms with Gasteiger partial charge in [0.25, 0.3) is 0 Å². The van der Waals surface area contributed by atoms with Gasteiger partial charge >= 0.3 is 6.03 Å². The van der Waals surface area contributed by atoms with Crippen molar-refractivity contribution in [3.63, 3.8) is 0 Å². The van der Waals surface area contributed by atoms with Crippen molar-refractivity contribution in [2.45, 2.75) is 45.1 Å². The third-order valence-electron chi connectivity index (χ3n) is 6.72. The van der Waals surface area contributed by atoms with E-state index in [0.717, 1.165) is 51.5 Å². The van der Waals surface area contributed by atoms with Gasteiger partial charge < -0.3 is 29.7 Å². The molecular weight excluding hydrogens is 427 g/mol. The number of carbonyl (C=O) groups is 1. The normalized spacial score (nSPS) is 27.4. The van der Waals surface area contributed by atoms with Crippen LogP contribution in [-0.2, 0) is 20.8 Å². The number of urea groups is 1. The number of carbonyl (C=O) groups excluding carboxylic acids is 1. The summed E-state index contributed by atoms with van der Waals surface area (Å²) in [6.45, 7) is 10.9. The fraction of sp³-hybridized carbons (Fsp3) is 0.708. The summed E-state index contributed by atoms with van der Waals surface area (Å²) in [4.78, 5) is 16.9. The molecule has 0 aliphatic carbocycles. The minimum atomic E-state index is -0.273. The summed E-state index contributed by atoms with van der Waals surface area (Å²) in [6, 6.07) is 5.16. The minimum absolute atomic E-state index is 0.0651. The highest BCUT2D eigenvalue weighted by Crippen LogP contribution is 2.25. The Morgan fingerprint density at radius 1 is 1.12 bits per heavy atom. The van der Waals surface area contributed by atoms with Gasteiger partial charge in [-0.05, 0) is 38.0 Å². The summed E-state index contributed by atoms with van der Waals surface area (Å²) >= 11 is 0. The third kappa shape index (κ3) is 6.56. The average Bonchev–Trinajstić information content (AvgIpc) is 3.32. The van der Waals surface area contributed by atoms with Crippen molar-refractivity contribution in [2.75, 3.05) is 64.1 Å². The maximum Gasteiger partial charge on any atom is 0.315 e. The van der Waals surface area contributed by atoms with Crippen molar-refractivity contribution in [1.82, 2.24) is 15.5 Å². The number of nitrogens with zero attached hydrogens (tertiary/aromatic N) is 2. The third-order valence-corrected chi connectivity index (χ3v) is 6.72. The number of nitrogens with one attached hydrogen (secondary N) is 2. The molecule has 1 aromatic rings. The van der Waals surface area contributed by atoms with Gasteiger partial charge in [-0.2, -0.15) is 0 Å². The van der Waals surface area contributed by atoms with Crippen molar-refractivity contribution in [3.05, 3.63) is 29.6 Å². The molecule has 4 unspecified atom stereocenters. The molecule has 0 radical (unpaired) electrons. The Morgan fingerprint density at radius 2 is 1.88 bits per heavy atom. The molecular formula is C24H37FN4O4. The molecule has 0 spiro atoms. The number of anilines is 1. The SMILES string of the molecule is CC1CN(c2ccc(CNC(=O)NCC(C3CCOC3)N3CCOCC3)cc2F)CC(C)O1. The molecule has 3 aliphatic heterocycles. The van der Waals surface area contributed by atoms with Crippen LogP contribution >= 0.6 is 0 Å². The number of hydrogen-bond donors (Lipinski definition) is 2. The number of ether oxygens (including phenoxy) is 3. The van der Waals surface area contributed by atoms with Crippen molar-refractivity contribution < 1.29 is 23.4 Å². The summed E-state index contributed by atoms with van der Waals surface area (Å²) in [7, 11) is 0. The number of halogens is 1. The van der Waals surface area contributed by atoms with Gasteiger partial charge in [-0.1, -0.05) is 6.07 Å². The Morgan fingerprint density at radius 3 is 2.55 bits per heavy atom. The van der Waals surface area contributed by atoms with Gasteiger partial charge in [-0.25, -0.2) is 9.18 Å². The number of benzene rings is 1. The Kier molecular flexibility index (Phi) is 8.40. The van der Waals surface area contributed by atoms with Crippen LogP contribution in [0.3, 0.4) is 0 Å². The summed E-state index contributed by atoms with van der Waals surface area (Å²) in [6.07, 6.45) is 1.14. The molecule has 3 fully saturated rings. The first-order valence-corrected chi connectivity index (χ1v) is 12.1. The van der Waals surface area contributed by atoms with Gasteiger partial charge in [0.1, 0.15) is 5.82 Å². The van der Waals surface area contributed by atoms with Gasteiger partial charge in [0.2, 0.25) is 0 Å². The minimum Gasteiger partial charge on any atom is -0.381 e. The van der Waals surface area contributed by atoms with E-state index in [1.165, 1.54) is 6.07 Å². The first-order valence-electron chi connectivity index (χ1n) is 12.1. The lowest BCUT2D eigenvalue weighted by Crippen LogP contribution is -2.53. The van der Waals surface area contributed by atoms with Crippen molar-refractivity contribution in [2.24, 2.45) is 5.92 Å². The molecule has 2 N–H and O–H groups in total. The summed E-state index contributed by atoms with van der Waals surface area (Å²) in [5, 5.41) is 5.87. The standard InChI is InChI=1S/C24H37FN4O4/c1-17-14-29(15-18(2)33-17)22-4-3-19(11-21(22)25)12-26-24(30)27-13-23(20-5-8-32-16-20)28-6-9-31-10-7-28/h3-4,11,17-18,20,23H,5-10,12-16H2,1-2H3,(H2,26,27,30). The molecule has 9 heteroatoms. The molecule has 0 aromatic heterocycles. The fourth-order valence-corrected chi connectivity index (χ4v) is 5.09. The van der Waals surface area contributed by atoms with Crippen LogP contribution in [0.15, 0.2) is 18.2 Å². The summed E-state index contributed by atoms with van der Waals surface area (Å²) in [5.41, 5.74) is 1.31. The van der Waals surface area contributed by atoms with Gasteiger partial charge in [0, 0.05) is 57.8 Å². The molecule has 0 saturated carbocycles. The second kappa shape index (κ2) is 11.5. The lowest BCUT2D eigenvalue weighted by molar-refractivity contribution is -0.00539. The first kappa shape index (κ1) is 24.2. The van der Waals surface area contributed by atoms with Crippen LogP contribution in [0.4, 0.5) is 14.9 Å². The van der Waals surface area contributed by atoms with E-state index in [2.05, 4.69) is 15.5 Å². The molecule has 2 amide bonds. The number of morpholine rings is 2. The first-order chi connectivity index (χ1) is 16.0. The Hall–Kier alpha value is -1.94. The lowest BCUT2D eigenvalue weighted by Gasteiger charge is -2.37. The van der Waals surface area contributed by atoms with E-state index in [-0.39, 0.29) is 36.6 Å². The lowest BCUT2D eigenvalue weighted by atomic mass is 9.97. The Balaban J connectivity index is 1.27. The summed E-state index contributed by atoms with van der Waals surface area (Å²) in [5.74, 6) is 0.139. The van der Waals surface area contributed by atoms with Crippen LogP contribution in [0.25, 0.3) is 0 Å². The van der Waals surface area contributed by atoms with Crippen LogP contribution in [0.1, 0.15) is 25.8 Å². The van der Waals surface area contributed by atoms with Crippen LogP contribution < -0.4 is 15.5 Å². The maximum atomic E-state index is 14.8. The second-order valence-corrected chi connectivity index (χ2v) is 9.35. The zero-order chi connectivity index (χ0) is 23.2. The highest BCUT2D eigenvalue weighted by Gasteiger charge is 2.31. The monoisotopic (exact) mass is 464 g/mol. The zero-order valence-corrected chi connectivity index (χ0v) is 19.7. The van der Waals surface area contributed by atoms with E-state index < -0.39 is 0 Å². The second-order valence-electron chi connectivity index (χ2n) is 9.35. The topological polar surface area (TPSA) is 75.3 Å². The molecule has 0 bridgehead atoms. The van der Waals surface area contributed by atoms with Crippen LogP contribution in [-0.4, -0.2) is 88.3 Å². The maximum absolute atomic E-state index is 14.8. The summed E-state index contributed by atoms with van der Waals surface area (Å²) < 4.78 is 31.6. The molecule has 3 saturated heterocycles. The smallest absolute Gasteiger partial charge is 0.315 e. The van der Waals surface area contributed by atoms with Crippen molar-refractivity contribution in [3.8, 4) is 0 Å². The quantitative estimate of drug-likeness (QED) is 0.643. The van der Waals surface area contributed by atoms with Crippen LogP contribution in [0.2, 0.25) is 0 Å². The molecule has 1 aromatic carbocycles. The molecule has 4 rings (SSSR count). The van der Waals surface area contributed by atoms with Gasteiger partial charge in [0.05, 0.1) is 37.7 Å². The zero-order valence-electron chi connectivity index (χ0n) is 19.7. The molecule has 33 heavy (non-hydrogen) atoms. The average molecular weight is 465 g/mol. The highest BCUT2D eigenvalue weighted by molar-refractivity contribution is 5.73. The molecule has 8 nitrogen and oxygen atoms in total. The molecule has 184 valence electrons. The molecule has 3 aliphatic rings. The van der Waals surface area contributed by atoms with Crippen molar-refractivity contribution in [1.29, 1.82) is 0 Å². The number of hydrogen-bond acceptors (Lipinski definition) is 6. The molecule has 4 atom stereocenters. The Labute approximate surface area is 195 Å². The van der Waals surface area contributed by atoms with Crippen molar-refractivity contribution >= 4 is 11.7 Å². The van der Waals surface area contributed by atoms with Crippen LogP contribution in [0.5, 0.6) is 0 Å². The fourth-order valence-electron chi connectivity index (χ4n) is 5.09. The van der Waals surface area contributed by atoms with Crippen LogP contribution in [0, 0.1) is 11.7 Å². The van der Waals surface area contributed by atoms with Gasteiger partial charge in [-0.15, -0.1) is 0 Å². The van der Waals surface area contributed by atoms with E-state index >= 15 is 0 Å². The number of amides is 2. The Bertz CT molecular complexity index is 776. The van der Waals surface area contributed by atoms with E-state index in [1.54, 1.807) is 6.07 Å². The predicted octanol–water partition coefficient (Wildman–Crippen LogP) is 1.98. The van der Waals surface area contributed by atoms with Gasteiger partial charge in [0.15, 0.2) is 0 Å². The van der Waals surface area contributed by atoms with Gasteiger partial charge in [-0.3, -0.25) is 4.90 Å².